The molecule has 2 rings (SSSR count). The highest BCUT2D eigenvalue weighted by Crippen LogP contribution is 2.44. The van der Waals surface area contributed by atoms with Crippen LogP contribution in [0.5, 0.6) is 0 Å². The smallest absolute Gasteiger partial charge is 0.404 e. The number of rotatable bonds is 3. The topological polar surface area (TPSA) is 61.6 Å². The Morgan fingerprint density at radius 2 is 2.29 bits per heavy atom. The highest BCUT2D eigenvalue weighted by molar-refractivity contribution is 8.00. The van der Waals surface area contributed by atoms with Gasteiger partial charge in [-0.15, -0.1) is 11.8 Å². The second-order valence-electron chi connectivity index (χ2n) is 3.99. The number of ether oxygens (including phenoxy) is 2. The number of carbonyl (C=O) groups excluding carboxylic acids is 1. The van der Waals surface area contributed by atoms with Crippen molar-refractivity contribution in [2.24, 2.45) is 5.73 Å². The molecule has 5 heteroatoms. The Morgan fingerprint density at radius 1 is 1.59 bits per heavy atom. The molecule has 1 aliphatic heterocycles. The summed E-state index contributed by atoms with van der Waals surface area (Å²) >= 11 is 1.70. The van der Waals surface area contributed by atoms with Gasteiger partial charge in [0.2, 0.25) is 0 Å². The van der Waals surface area contributed by atoms with Gasteiger partial charge in [0, 0.05) is 5.75 Å². The summed E-state index contributed by atoms with van der Waals surface area (Å²) in [6, 6.07) is 10.0. The first kappa shape index (κ1) is 12.3. The lowest BCUT2D eigenvalue weighted by molar-refractivity contribution is -0.0278. The molecule has 0 aliphatic carbocycles. The minimum atomic E-state index is -0.757. The maximum Gasteiger partial charge on any atom is 0.404 e. The Hall–Kier alpha value is -1.20. The van der Waals surface area contributed by atoms with Crippen LogP contribution in [0, 0.1) is 0 Å². The van der Waals surface area contributed by atoms with E-state index in [0.29, 0.717) is 0 Å². The van der Waals surface area contributed by atoms with E-state index >= 15 is 0 Å². The molecule has 0 radical (unpaired) electrons. The summed E-state index contributed by atoms with van der Waals surface area (Å²) in [5.41, 5.74) is 6.04. The molecule has 0 bridgehead atoms. The monoisotopic (exact) mass is 253 g/mol. The van der Waals surface area contributed by atoms with Gasteiger partial charge >= 0.3 is 6.09 Å². The van der Waals surface area contributed by atoms with Gasteiger partial charge in [0.15, 0.2) is 0 Å². The second kappa shape index (κ2) is 4.98. The van der Waals surface area contributed by atoms with Crippen LogP contribution in [0.15, 0.2) is 30.3 Å². The van der Waals surface area contributed by atoms with Crippen LogP contribution < -0.4 is 5.73 Å². The lowest BCUT2D eigenvalue weighted by atomic mass is 10.1. The third kappa shape index (κ3) is 2.92. The van der Waals surface area contributed by atoms with E-state index in [0.717, 1.165) is 11.3 Å². The van der Waals surface area contributed by atoms with Crippen LogP contribution in [0.2, 0.25) is 0 Å². The average molecular weight is 253 g/mol. The first-order chi connectivity index (χ1) is 8.10. The number of hydrogen-bond acceptors (Lipinski definition) is 4. The number of amides is 1. The first-order valence-electron chi connectivity index (χ1n) is 5.40. The van der Waals surface area contributed by atoms with E-state index < -0.39 is 6.09 Å². The van der Waals surface area contributed by atoms with Gasteiger partial charge in [0.25, 0.3) is 0 Å². The van der Waals surface area contributed by atoms with E-state index in [4.69, 9.17) is 15.2 Å². The lowest BCUT2D eigenvalue weighted by Crippen LogP contribution is -2.26. The molecule has 0 spiro atoms. The minimum Gasteiger partial charge on any atom is -0.447 e. The van der Waals surface area contributed by atoms with Gasteiger partial charge in [0.1, 0.15) is 17.6 Å². The maximum atomic E-state index is 10.5. The van der Waals surface area contributed by atoms with Crippen molar-refractivity contribution in [1.82, 2.24) is 0 Å². The molecular formula is C12H15NO3S. The number of hydrogen-bond donors (Lipinski definition) is 1. The zero-order valence-corrected chi connectivity index (χ0v) is 10.4. The molecule has 1 aromatic rings. The molecule has 1 aromatic carbocycles. The van der Waals surface area contributed by atoms with Crippen LogP contribution in [-0.2, 0) is 14.4 Å². The van der Waals surface area contributed by atoms with Gasteiger partial charge in [0.05, 0.1) is 0 Å². The van der Waals surface area contributed by atoms with Crippen LogP contribution in [-0.4, -0.2) is 24.6 Å². The maximum absolute atomic E-state index is 10.5. The van der Waals surface area contributed by atoms with Crippen LogP contribution in [0.1, 0.15) is 12.5 Å². The molecule has 2 unspecified atom stereocenters. The highest BCUT2D eigenvalue weighted by atomic mass is 32.2. The van der Waals surface area contributed by atoms with E-state index in [1.807, 2.05) is 37.3 Å². The number of nitrogens with two attached hydrogens (primary N) is 1. The van der Waals surface area contributed by atoms with Crippen LogP contribution in [0.3, 0.4) is 0 Å². The fraction of sp³-hybridized carbons (Fsp3) is 0.417. The van der Waals surface area contributed by atoms with Crippen molar-refractivity contribution < 1.29 is 14.3 Å². The van der Waals surface area contributed by atoms with Crippen molar-refractivity contribution in [2.45, 2.75) is 18.0 Å². The molecule has 4 nitrogen and oxygen atoms in total. The predicted molar refractivity (Wildman–Crippen MR) is 66.7 cm³/mol. The summed E-state index contributed by atoms with van der Waals surface area (Å²) in [5, 5.41) is 0. The zero-order valence-electron chi connectivity index (χ0n) is 9.59. The third-order valence-electron chi connectivity index (χ3n) is 2.65. The molecular weight excluding hydrogens is 238 g/mol. The molecule has 92 valence electrons. The van der Waals surface area contributed by atoms with Gasteiger partial charge < -0.3 is 15.2 Å². The van der Waals surface area contributed by atoms with Crippen molar-refractivity contribution in [1.29, 1.82) is 0 Å². The molecule has 1 saturated heterocycles. The molecule has 1 heterocycles. The Balaban J connectivity index is 1.99. The third-order valence-corrected chi connectivity index (χ3v) is 4.07. The Bertz CT molecular complexity index is 398. The van der Waals surface area contributed by atoms with Gasteiger partial charge in [-0.05, 0) is 12.5 Å². The van der Waals surface area contributed by atoms with E-state index in [2.05, 4.69) is 0 Å². The molecule has 1 amide bonds. The standard InChI is InChI=1S/C12H15NO3S/c1-12(9-5-3-2-4-6-9)16-10(8-17-12)7-15-11(13)14/h2-6,10H,7-8H2,1H3,(H2,13,14). The molecule has 1 fully saturated rings. The summed E-state index contributed by atoms with van der Waals surface area (Å²) in [4.78, 5) is 10.2. The van der Waals surface area contributed by atoms with E-state index in [-0.39, 0.29) is 17.6 Å². The largest absolute Gasteiger partial charge is 0.447 e. The highest BCUT2D eigenvalue weighted by Gasteiger charge is 2.38. The van der Waals surface area contributed by atoms with Gasteiger partial charge in [-0.25, -0.2) is 4.79 Å². The van der Waals surface area contributed by atoms with Gasteiger partial charge in [-0.1, -0.05) is 30.3 Å². The summed E-state index contributed by atoms with van der Waals surface area (Å²) in [6.45, 7) is 2.24. The summed E-state index contributed by atoms with van der Waals surface area (Å²) in [6.07, 6.45) is -0.857. The normalized spacial score (nSPS) is 27.9. The van der Waals surface area contributed by atoms with Crippen molar-refractivity contribution in [2.75, 3.05) is 12.4 Å². The van der Waals surface area contributed by atoms with Crippen LogP contribution in [0.4, 0.5) is 4.79 Å². The van der Waals surface area contributed by atoms with Gasteiger partial charge in [-0.2, -0.15) is 0 Å². The van der Waals surface area contributed by atoms with Crippen LogP contribution in [0.25, 0.3) is 0 Å². The quantitative estimate of drug-likeness (QED) is 0.896. The number of carbonyl (C=O) groups is 1. The molecule has 17 heavy (non-hydrogen) atoms. The fourth-order valence-electron chi connectivity index (χ4n) is 1.79. The molecule has 0 aromatic heterocycles. The van der Waals surface area contributed by atoms with Gasteiger partial charge in [-0.3, -0.25) is 0 Å². The van der Waals surface area contributed by atoms with E-state index in [1.165, 1.54) is 0 Å². The molecule has 2 N–H and O–H groups in total. The van der Waals surface area contributed by atoms with Crippen LogP contribution >= 0.6 is 11.8 Å². The summed E-state index contributed by atoms with van der Waals surface area (Å²) in [7, 11) is 0. The van der Waals surface area contributed by atoms with Crippen molar-refractivity contribution >= 4 is 17.9 Å². The van der Waals surface area contributed by atoms with E-state index in [1.54, 1.807) is 11.8 Å². The predicted octanol–water partition coefficient (Wildman–Crippen LogP) is 2.09. The Kier molecular flexibility index (Phi) is 3.59. The summed E-state index contributed by atoms with van der Waals surface area (Å²) in [5.74, 6) is 0.790. The van der Waals surface area contributed by atoms with Crippen molar-refractivity contribution in [3.05, 3.63) is 35.9 Å². The second-order valence-corrected chi connectivity index (χ2v) is 5.39. The Labute approximate surface area is 104 Å². The molecule has 2 atom stereocenters. The van der Waals surface area contributed by atoms with Crippen molar-refractivity contribution in [3.63, 3.8) is 0 Å². The molecule has 0 saturated carbocycles. The summed E-state index contributed by atoms with van der Waals surface area (Å²) < 4.78 is 10.7. The van der Waals surface area contributed by atoms with Crippen molar-refractivity contribution in [3.8, 4) is 0 Å². The number of primary amides is 1. The molecule has 1 aliphatic rings. The number of benzene rings is 1. The zero-order chi connectivity index (χ0) is 12.3. The minimum absolute atomic E-state index is 0.0993. The average Bonchev–Trinajstić information content (AvgIpc) is 2.71. The Morgan fingerprint density at radius 3 is 2.94 bits per heavy atom. The number of thioether (sulfide) groups is 1. The lowest BCUT2D eigenvalue weighted by Gasteiger charge is -2.24. The SMILES string of the molecule is CC1(c2ccccc2)OC(COC(N)=O)CS1. The fourth-order valence-corrected chi connectivity index (χ4v) is 2.96. The van der Waals surface area contributed by atoms with E-state index in [9.17, 15) is 4.79 Å². The first-order valence-corrected chi connectivity index (χ1v) is 6.38.